The molecule has 0 aliphatic carbocycles. The molecule has 0 aliphatic rings. The van der Waals surface area contributed by atoms with Crippen molar-refractivity contribution < 1.29 is 5.11 Å². The molecule has 0 spiro atoms. The van der Waals surface area contributed by atoms with Crippen LogP contribution in [0.15, 0.2) is 36.4 Å². The van der Waals surface area contributed by atoms with Crippen LogP contribution in [0.3, 0.4) is 0 Å². The highest BCUT2D eigenvalue weighted by molar-refractivity contribution is 6.31. The minimum absolute atomic E-state index is 0.198. The van der Waals surface area contributed by atoms with E-state index < -0.39 is 0 Å². The lowest BCUT2D eigenvalue weighted by atomic mass is 10.2. The minimum Gasteiger partial charge on any atom is -0.508 e. The molecule has 0 saturated heterocycles. The molecule has 3 N–H and O–H groups in total. The van der Waals surface area contributed by atoms with Gasteiger partial charge in [0.15, 0.2) is 0 Å². The number of hydrogen-bond donors (Lipinski definition) is 3. The summed E-state index contributed by atoms with van der Waals surface area (Å²) in [5, 5.41) is 13.6. The number of fused-ring (bicyclic) bond motifs is 1. The Hall–Kier alpha value is -2.20. The SMILES string of the molecule is Cc1nc2ccc(NCc3c(O)cccc3Cl)cc2[nH]1. The van der Waals surface area contributed by atoms with Gasteiger partial charge in [-0.2, -0.15) is 0 Å². The van der Waals surface area contributed by atoms with Crippen molar-refractivity contribution >= 4 is 28.3 Å². The fourth-order valence-electron chi connectivity index (χ4n) is 2.16. The quantitative estimate of drug-likeness (QED) is 0.686. The van der Waals surface area contributed by atoms with E-state index >= 15 is 0 Å². The molecular formula is C15H14ClN3O. The summed E-state index contributed by atoms with van der Waals surface area (Å²) >= 11 is 6.08. The number of halogens is 1. The molecule has 5 heteroatoms. The van der Waals surface area contributed by atoms with Gasteiger partial charge in [0.1, 0.15) is 11.6 Å². The smallest absolute Gasteiger partial charge is 0.122 e. The van der Waals surface area contributed by atoms with Crippen molar-refractivity contribution in [3.8, 4) is 5.75 Å². The zero-order valence-corrected chi connectivity index (χ0v) is 11.7. The second kappa shape index (κ2) is 5.06. The number of H-pyrrole nitrogens is 1. The first-order chi connectivity index (χ1) is 9.63. The third-order valence-corrected chi connectivity index (χ3v) is 3.52. The average molecular weight is 288 g/mol. The number of nitrogens with zero attached hydrogens (tertiary/aromatic N) is 1. The zero-order chi connectivity index (χ0) is 14.1. The molecule has 20 heavy (non-hydrogen) atoms. The Labute approximate surface area is 121 Å². The van der Waals surface area contributed by atoms with Gasteiger partial charge < -0.3 is 15.4 Å². The number of aromatic amines is 1. The Balaban J connectivity index is 1.83. The van der Waals surface area contributed by atoms with Crippen LogP contribution in [0.2, 0.25) is 5.02 Å². The Morgan fingerprint density at radius 3 is 2.95 bits per heavy atom. The molecule has 102 valence electrons. The van der Waals surface area contributed by atoms with Gasteiger partial charge in [0.05, 0.1) is 11.0 Å². The van der Waals surface area contributed by atoms with Crippen molar-refractivity contribution in [1.29, 1.82) is 0 Å². The Kier molecular flexibility index (Phi) is 3.24. The Morgan fingerprint density at radius 2 is 2.15 bits per heavy atom. The highest BCUT2D eigenvalue weighted by Crippen LogP contribution is 2.26. The number of imidazole rings is 1. The highest BCUT2D eigenvalue weighted by atomic mass is 35.5. The molecule has 4 nitrogen and oxygen atoms in total. The second-order valence-electron chi connectivity index (χ2n) is 4.65. The monoisotopic (exact) mass is 287 g/mol. The summed E-state index contributed by atoms with van der Waals surface area (Å²) in [7, 11) is 0. The molecule has 3 aromatic rings. The molecule has 1 heterocycles. The van der Waals surface area contributed by atoms with Gasteiger partial charge >= 0.3 is 0 Å². The van der Waals surface area contributed by atoms with E-state index in [1.807, 2.05) is 25.1 Å². The lowest BCUT2D eigenvalue weighted by molar-refractivity contribution is 0.469. The number of aromatic nitrogens is 2. The zero-order valence-electron chi connectivity index (χ0n) is 10.9. The summed E-state index contributed by atoms with van der Waals surface area (Å²) in [6.45, 7) is 2.39. The Morgan fingerprint density at radius 1 is 1.30 bits per heavy atom. The maximum atomic E-state index is 9.80. The number of hydrogen-bond acceptors (Lipinski definition) is 3. The third kappa shape index (κ3) is 2.42. The molecule has 0 aliphatic heterocycles. The van der Waals surface area contributed by atoms with Gasteiger partial charge in [0.25, 0.3) is 0 Å². The lowest BCUT2D eigenvalue weighted by Gasteiger charge is -2.09. The van der Waals surface area contributed by atoms with Crippen molar-refractivity contribution in [3.05, 3.63) is 52.8 Å². The molecule has 1 aromatic heterocycles. The molecule has 0 saturated carbocycles. The predicted molar refractivity (Wildman–Crippen MR) is 81.3 cm³/mol. The van der Waals surface area contributed by atoms with E-state index in [-0.39, 0.29) is 5.75 Å². The average Bonchev–Trinajstić information content (AvgIpc) is 2.77. The number of aryl methyl sites for hydroxylation is 1. The standard InChI is InChI=1S/C15H14ClN3O/c1-9-18-13-6-5-10(7-14(13)19-9)17-8-11-12(16)3-2-4-15(11)20/h2-7,17,20H,8H2,1H3,(H,18,19). The van der Waals surface area contributed by atoms with Crippen LogP contribution in [0, 0.1) is 6.92 Å². The van der Waals surface area contributed by atoms with Gasteiger partial charge in [-0.3, -0.25) is 0 Å². The van der Waals surface area contributed by atoms with Crippen molar-refractivity contribution in [3.63, 3.8) is 0 Å². The summed E-state index contributed by atoms with van der Waals surface area (Å²) in [5.74, 6) is 1.09. The summed E-state index contributed by atoms with van der Waals surface area (Å²) in [6.07, 6.45) is 0. The third-order valence-electron chi connectivity index (χ3n) is 3.16. The molecular weight excluding hydrogens is 274 g/mol. The maximum Gasteiger partial charge on any atom is 0.122 e. The number of rotatable bonds is 3. The van der Waals surface area contributed by atoms with E-state index in [2.05, 4.69) is 15.3 Å². The molecule has 0 radical (unpaired) electrons. The van der Waals surface area contributed by atoms with Crippen molar-refractivity contribution in [2.24, 2.45) is 0 Å². The van der Waals surface area contributed by atoms with Crippen LogP contribution in [0.25, 0.3) is 11.0 Å². The van der Waals surface area contributed by atoms with Gasteiger partial charge in [-0.1, -0.05) is 17.7 Å². The van der Waals surface area contributed by atoms with Gasteiger partial charge in [0, 0.05) is 22.8 Å². The summed E-state index contributed by atoms with van der Waals surface area (Å²) in [6, 6.07) is 11.0. The summed E-state index contributed by atoms with van der Waals surface area (Å²) in [5.41, 5.74) is 3.56. The van der Waals surface area contributed by atoms with E-state index in [1.54, 1.807) is 18.2 Å². The van der Waals surface area contributed by atoms with E-state index in [0.717, 1.165) is 22.5 Å². The molecule has 0 amide bonds. The van der Waals surface area contributed by atoms with Gasteiger partial charge in [-0.25, -0.2) is 4.98 Å². The Bertz CT molecular complexity index is 747. The van der Waals surface area contributed by atoms with Crippen LogP contribution >= 0.6 is 11.6 Å². The molecule has 0 atom stereocenters. The number of phenolic OH excluding ortho intramolecular Hbond substituents is 1. The minimum atomic E-state index is 0.198. The van der Waals surface area contributed by atoms with Crippen LogP contribution in [-0.4, -0.2) is 15.1 Å². The summed E-state index contributed by atoms with van der Waals surface area (Å²) in [4.78, 5) is 7.55. The summed E-state index contributed by atoms with van der Waals surface area (Å²) < 4.78 is 0. The normalized spacial score (nSPS) is 10.9. The van der Waals surface area contributed by atoms with Gasteiger partial charge in [-0.05, 0) is 37.3 Å². The van der Waals surface area contributed by atoms with E-state index in [0.29, 0.717) is 17.1 Å². The van der Waals surface area contributed by atoms with E-state index in [9.17, 15) is 5.11 Å². The van der Waals surface area contributed by atoms with E-state index in [4.69, 9.17) is 11.6 Å². The first-order valence-corrected chi connectivity index (χ1v) is 6.68. The molecule has 0 bridgehead atoms. The lowest BCUT2D eigenvalue weighted by Crippen LogP contribution is -2.00. The van der Waals surface area contributed by atoms with Crippen LogP contribution < -0.4 is 5.32 Å². The molecule has 0 fully saturated rings. The molecule has 3 rings (SSSR count). The number of anilines is 1. The number of aromatic hydroxyl groups is 1. The number of benzene rings is 2. The van der Waals surface area contributed by atoms with Gasteiger partial charge in [-0.15, -0.1) is 0 Å². The fraction of sp³-hybridized carbons (Fsp3) is 0.133. The largest absolute Gasteiger partial charge is 0.508 e. The van der Waals surface area contributed by atoms with Gasteiger partial charge in [0.2, 0.25) is 0 Å². The molecule has 2 aromatic carbocycles. The van der Waals surface area contributed by atoms with E-state index in [1.165, 1.54) is 0 Å². The van der Waals surface area contributed by atoms with Crippen LogP contribution in [0.1, 0.15) is 11.4 Å². The maximum absolute atomic E-state index is 9.80. The predicted octanol–water partition coefficient (Wildman–Crippen LogP) is 3.84. The highest BCUT2D eigenvalue weighted by Gasteiger charge is 2.06. The van der Waals surface area contributed by atoms with Crippen LogP contribution in [-0.2, 0) is 6.54 Å². The second-order valence-corrected chi connectivity index (χ2v) is 5.05. The first kappa shape index (κ1) is 12.8. The fourth-order valence-corrected chi connectivity index (χ4v) is 2.40. The van der Waals surface area contributed by atoms with Crippen molar-refractivity contribution in [1.82, 2.24) is 9.97 Å². The van der Waals surface area contributed by atoms with Crippen molar-refractivity contribution in [2.75, 3.05) is 5.32 Å². The number of nitrogens with one attached hydrogen (secondary N) is 2. The number of phenols is 1. The van der Waals surface area contributed by atoms with Crippen LogP contribution in [0.4, 0.5) is 5.69 Å². The van der Waals surface area contributed by atoms with Crippen LogP contribution in [0.5, 0.6) is 5.75 Å². The van der Waals surface area contributed by atoms with Crippen molar-refractivity contribution in [2.45, 2.75) is 13.5 Å². The molecule has 0 unspecified atom stereocenters. The first-order valence-electron chi connectivity index (χ1n) is 6.30. The topological polar surface area (TPSA) is 60.9 Å².